The molecule has 26 heavy (non-hydrogen) atoms. The third-order valence-electron chi connectivity index (χ3n) is 4.24. The van der Waals surface area contributed by atoms with E-state index >= 15 is 0 Å². The topological polar surface area (TPSA) is 56.1 Å². The smallest absolute Gasteiger partial charge is 0.251 e. The van der Waals surface area contributed by atoms with Crippen molar-refractivity contribution in [1.29, 1.82) is 0 Å². The van der Waals surface area contributed by atoms with Crippen LogP contribution in [0.4, 0.5) is 0 Å². The molecule has 2 aromatic carbocycles. The van der Waals surface area contributed by atoms with E-state index in [1.165, 1.54) is 0 Å². The van der Waals surface area contributed by atoms with Crippen molar-refractivity contribution in [2.45, 2.75) is 19.4 Å². The Labute approximate surface area is 153 Å². The van der Waals surface area contributed by atoms with E-state index in [9.17, 15) is 4.79 Å². The highest BCUT2D eigenvalue weighted by atomic mass is 16.5. The number of imidazole rings is 1. The molecule has 0 spiro atoms. The molecule has 0 saturated heterocycles. The van der Waals surface area contributed by atoms with Gasteiger partial charge in [-0.15, -0.1) is 0 Å². The van der Waals surface area contributed by atoms with Crippen molar-refractivity contribution in [2.24, 2.45) is 0 Å². The van der Waals surface area contributed by atoms with Crippen LogP contribution < -0.4 is 10.1 Å². The predicted molar refractivity (Wildman–Crippen MR) is 101 cm³/mol. The van der Waals surface area contributed by atoms with E-state index in [4.69, 9.17) is 4.74 Å². The molecule has 1 amide bonds. The zero-order chi connectivity index (χ0) is 18.2. The summed E-state index contributed by atoms with van der Waals surface area (Å²) in [5.41, 5.74) is 2.97. The summed E-state index contributed by atoms with van der Waals surface area (Å²) in [4.78, 5) is 16.3. The summed E-state index contributed by atoms with van der Waals surface area (Å²) >= 11 is 0. The van der Waals surface area contributed by atoms with Gasteiger partial charge in [-0.05, 0) is 42.2 Å². The number of aryl methyl sites for hydroxylation is 1. The van der Waals surface area contributed by atoms with Gasteiger partial charge >= 0.3 is 0 Å². The van der Waals surface area contributed by atoms with Gasteiger partial charge in [0.05, 0.1) is 13.4 Å². The van der Waals surface area contributed by atoms with Crippen molar-refractivity contribution in [3.8, 4) is 5.75 Å². The molecular formula is C21H23N3O2. The first-order valence-electron chi connectivity index (χ1n) is 8.71. The van der Waals surface area contributed by atoms with E-state index in [-0.39, 0.29) is 5.91 Å². The largest absolute Gasteiger partial charge is 0.496 e. The van der Waals surface area contributed by atoms with Crippen LogP contribution in [0, 0.1) is 0 Å². The number of amides is 1. The van der Waals surface area contributed by atoms with Crippen molar-refractivity contribution in [1.82, 2.24) is 14.9 Å². The number of para-hydroxylation sites is 1. The molecule has 1 aromatic heterocycles. The molecule has 0 unspecified atom stereocenters. The van der Waals surface area contributed by atoms with Gasteiger partial charge in [-0.2, -0.15) is 0 Å². The van der Waals surface area contributed by atoms with Gasteiger partial charge in [0.25, 0.3) is 5.91 Å². The SMILES string of the molecule is COc1ccccc1CCCNC(=O)c1ccc(Cn2ccnc2)cc1. The fourth-order valence-corrected chi connectivity index (χ4v) is 2.84. The van der Waals surface area contributed by atoms with Crippen molar-refractivity contribution >= 4 is 5.91 Å². The molecule has 0 atom stereocenters. The van der Waals surface area contributed by atoms with Crippen molar-refractivity contribution in [3.63, 3.8) is 0 Å². The van der Waals surface area contributed by atoms with Gasteiger partial charge < -0.3 is 14.6 Å². The van der Waals surface area contributed by atoms with E-state index < -0.39 is 0 Å². The van der Waals surface area contributed by atoms with Crippen molar-refractivity contribution < 1.29 is 9.53 Å². The minimum absolute atomic E-state index is 0.0424. The first kappa shape index (κ1) is 17.7. The van der Waals surface area contributed by atoms with Crippen LogP contribution in [0.15, 0.2) is 67.3 Å². The zero-order valence-electron chi connectivity index (χ0n) is 14.9. The summed E-state index contributed by atoms with van der Waals surface area (Å²) in [7, 11) is 1.68. The van der Waals surface area contributed by atoms with Crippen LogP contribution in [0.25, 0.3) is 0 Å². The van der Waals surface area contributed by atoms with Crippen LogP contribution >= 0.6 is 0 Å². The number of benzene rings is 2. The molecule has 5 heteroatoms. The lowest BCUT2D eigenvalue weighted by molar-refractivity contribution is 0.0953. The zero-order valence-corrected chi connectivity index (χ0v) is 14.9. The molecule has 1 heterocycles. The maximum atomic E-state index is 12.3. The minimum Gasteiger partial charge on any atom is -0.496 e. The Morgan fingerprint density at radius 3 is 2.69 bits per heavy atom. The fourth-order valence-electron chi connectivity index (χ4n) is 2.84. The monoisotopic (exact) mass is 349 g/mol. The molecule has 3 rings (SSSR count). The van der Waals surface area contributed by atoms with E-state index in [1.807, 2.05) is 53.2 Å². The first-order valence-corrected chi connectivity index (χ1v) is 8.71. The maximum Gasteiger partial charge on any atom is 0.251 e. The molecule has 0 radical (unpaired) electrons. The third-order valence-corrected chi connectivity index (χ3v) is 4.24. The van der Waals surface area contributed by atoms with Crippen molar-refractivity contribution in [2.75, 3.05) is 13.7 Å². The minimum atomic E-state index is -0.0424. The molecule has 0 aliphatic rings. The normalized spacial score (nSPS) is 10.5. The quantitative estimate of drug-likeness (QED) is 0.635. The molecule has 0 aliphatic carbocycles. The second-order valence-electron chi connectivity index (χ2n) is 6.10. The van der Waals surface area contributed by atoms with E-state index in [1.54, 1.807) is 19.6 Å². The molecular weight excluding hydrogens is 326 g/mol. The Hall–Kier alpha value is -3.08. The number of nitrogens with one attached hydrogen (secondary N) is 1. The van der Waals surface area contributed by atoms with Gasteiger partial charge in [-0.3, -0.25) is 4.79 Å². The lowest BCUT2D eigenvalue weighted by atomic mass is 10.1. The highest BCUT2D eigenvalue weighted by Crippen LogP contribution is 2.18. The van der Waals surface area contributed by atoms with E-state index in [2.05, 4.69) is 16.4 Å². The second kappa shape index (κ2) is 8.85. The van der Waals surface area contributed by atoms with Crippen LogP contribution in [-0.4, -0.2) is 29.1 Å². The molecule has 0 bridgehead atoms. The summed E-state index contributed by atoms with van der Waals surface area (Å²) in [6.45, 7) is 1.38. The Bertz CT molecular complexity index is 827. The number of ether oxygens (including phenoxy) is 1. The number of hydrogen-bond donors (Lipinski definition) is 1. The Balaban J connectivity index is 1.46. The number of hydrogen-bond acceptors (Lipinski definition) is 3. The van der Waals surface area contributed by atoms with Gasteiger partial charge in [-0.25, -0.2) is 4.98 Å². The molecule has 0 saturated carbocycles. The van der Waals surface area contributed by atoms with Gasteiger partial charge in [0, 0.05) is 31.0 Å². The molecule has 0 aliphatic heterocycles. The lowest BCUT2D eigenvalue weighted by Gasteiger charge is -2.09. The van der Waals surface area contributed by atoms with Gasteiger partial charge in [0.1, 0.15) is 5.75 Å². The number of carbonyl (C=O) groups is 1. The molecule has 1 N–H and O–H groups in total. The highest BCUT2D eigenvalue weighted by Gasteiger charge is 2.06. The number of nitrogens with zero attached hydrogens (tertiary/aromatic N) is 2. The number of rotatable bonds is 8. The summed E-state index contributed by atoms with van der Waals surface area (Å²) in [6.07, 6.45) is 7.19. The summed E-state index contributed by atoms with van der Waals surface area (Å²) in [5, 5.41) is 2.98. The number of carbonyl (C=O) groups excluding carboxylic acids is 1. The average Bonchev–Trinajstić information content (AvgIpc) is 3.19. The van der Waals surface area contributed by atoms with Crippen LogP contribution in [0.3, 0.4) is 0 Å². The molecule has 134 valence electrons. The molecule has 0 fully saturated rings. The second-order valence-corrected chi connectivity index (χ2v) is 6.10. The number of aromatic nitrogens is 2. The maximum absolute atomic E-state index is 12.3. The fraction of sp³-hybridized carbons (Fsp3) is 0.238. The standard InChI is InChI=1S/C21H23N3O2/c1-26-20-7-3-2-5-18(20)6-4-12-23-21(25)19-10-8-17(9-11-19)15-24-14-13-22-16-24/h2-3,5,7-11,13-14,16H,4,6,12,15H2,1H3,(H,23,25). The van der Waals surface area contributed by atoms with E-state index in [0.717, 1.165) is 36.3 Å². The Morgan fingerprint density at radius 2 is 1.96 bits per heavy atom. The summed E-state index contributed by atoms with van der Waals surface area (Å²) in [5.74, 6) is 0.853. The van der Waals surface area contributed by atoms with Gasteiger partial charge in [0.2, 0.25) is 0 Å². The Morgan fingerprint density at radius 1 is 1.15 bits per heavy atom. The third kappa shape index (κ3) is 4.72. The summed E-state index contributed by atoms with van der Waals surface area (Å²) < 4.78 is 7.34. The number of methoxy groups -OCH3 is 1. The van der Waals surface area contributed by atoms with E-state index in [0.29, 0.717) is 12.1 Å². The highest BCUT2D eigenvalue weighted by molar-refractivity contribution is 5.94. The van der Waals surface area contributed by atoms with Crippen LogP contribution in [0.1, 0.15) is 27.9 Å². The average molecular weight is 349 g/mol. The van der Waals surface area contributed by atoms with Crippen molar-refractivity contribution in [3.05, 3.63) is 83.9 Å². The van der Waals surface area contributed by atoms with Crippen LogP contribution in [0.5, 0.6) is 5.75 Å². The Kier molecular flexibility index (Phi) is 6.04. The summed E-state index contributed by atoms with van der Waals surface area (Å²) in [6, 6.07) is 15.7. The lowest BCUT2D eigenvalue weighted by Crippen LogP contribution is -2.24. The van der Waals surface area contributed by atoms with Gasteiger partial charge in [-0.1, -0.05) is 30.3 Å². The first-order chi connectivity index (χ1) is 12.8. The van der Waals surface area contributed by atoms with Crippen LogP contribution in [-0.2, 0) is 13.0 Å². The molecule has 5 nitrogen and oxygen atoms in total. The molecule has 3 aromatic rings. The van der Waals surface area contributed by atoms with Gasteiger partial charge in [0.15, 0.2) is 0 Å². The van der Waals surface area contributed by atoms with Crippen LogP contribution in [0.2, 0.25) is 0 Å². The predicted octanol–water partition coefficient (Wildman–Crippen LogP) is 3.30.